The molecule has 136 valence electrons. The summed E-state index contributed by atoms with van der Waals surface area (Å²) in [5.74, 6) is 3.29. The molecule has 3 nitrogen and oxygen atoms in total. The molecule has 2 aliphatic rings. The van der Waals surface area contributed by atoms with Crippen molar-refractivity contribution in [2.24, 2.45) is 23.7 Å². The molecule has 0 saturated carbocycles. The maximum Gasteiger partial charge on any atom is 0.222 e. The molecule has 2 fully saturated rings. The van der Waals surface area contributed by atoms with Gasteiger partial charge in [-0.1, -0.05) is 33.6 Å². The maximum atomic E-state index is 12.5. The highest BCUT2D eigenvalue weighted by Gasteiger charge is 2.27. The minimum atomic E-state index is 0. The summed E-state index contributed by atoms with van der Waals surface area (Å²) in [6, 6.07) is 0. The first-order valence-electron chi connectivity index (χ1n) is 9.54. The number of carbonyl (C=O) groups is 1. The lowest BCUT2D eigenvalue weighted by atomic mass is 9.84. The van der Waals surface area contributed by atoms with Crippen molar-refractivity contribution in [2.75, 3.05) is 26.2 Å². The van der Waals surface area contributed by atoms with Crippen LogP contribution in [0.15, 0.2) is 0 Å². The van der Waals surface area contributed by atoms with Crippen LogP contribution in [0.25, 0.3) is 0 Å². The molecule has 2 atom stereocenters. The molecule has 2 heterocycles. The lowest BCUT2D eigenvalue weighted by molar-refractivity contribution is -0.134. The molecule has 0 aromatic rings. The largest absolute Gasteiger partial charge is 0.343 e. The minimum Gasteiger partial charge on any atom is -0.343 e. The predicted octanol–water partition coefficient (Wildman–Crippen LogP) is 4.11. The standard InChI is InChI=1S/C19H36N2O.ClH/c1-15(2)6-7-17-8-11-21(12-9-17)19(22)13-16(3)18-5-4-10-20-14-18;/h15-18,20H,4-14H2,1-3H3;1H. The summed E-state index contributed by atoms with van der Waals surface area (Å²) in [5, 5.41) is 3.47. The number of nitrogens with one attached hydrogen (secondary N) is 1. The lowest BCUT2D eigenvalue weighted by Crippen LogP contribution is -2.41. The van der Waals surface area contributed by atoms with Gasteiger partial charge in [-0.05, 0) is 62.4 Å². The first kappa shape index (κ1) is 20.8. The maximum absolute atomic E-state index is 12.5. The highest BCUT2D eigenvalue weighted by atomic mass is 35.5. The number of hydrogen-bond acceptors (Lipinski definition) is 2. The normalized spacial score (nSPS) is 24.3. The summed E-state index contributed by atoms with van der Waals surface area (Å²) in [7, 11) is 0. The van der Waals surface area contributed by atoms with E-state index in [2.05, 4.69) is 31.0 Å². The van der Waals surface area contributed by atoms with Gasteiger partial charge in [-0.15, -0.1) is 12.4 Å². The van der Waals surface area contributed by atoms with E-state index < -0.39 is 0 Å². The summed E-state index contributed by atoms with van der Waals surface area (Å²) in [6.07, 6.45) is 8.44. The number of carbonyl (C=O) groups excluding carboxylic acids is 1. The van der Waals surface area contributed by atoms with Gasteiger partial charge in [-0.3, -0.25) is 4.79 Å². The van der Waals surface area contributed by atoms with Crippen LogP contribution in [-0.2, 0) is 4.79 Å². The molecule has 4 heteroatoms. The molecule has 0 spiro atoms. The Hall–Kier alpha value is -0.280. The fraction of sp³-hybridized carbons (Fsp3) is 0.947. The quantitative estimate of drug-likeness (QED) is 0.786. The zero-order valence-electron chi connectivity index (χ0n) is 15.4. The van der Waals surface area contributed by atoms with E-state index >= 15 is 0 Å². The van der Waals surface area contributed by atoms with E-state index in [0.29, 0.717) is 17.7 Å². The molecular weight excluding hydrogens is 308 g/mol. The Morgan fingerprint density at radius 3 is 2.43 bits per heavy atom. The van der Waals surface area contributed by atoms with Crippen LogP contribution in [0.3, 0.4) is 0 Å². The Bertz CT molecular complexity index is 334. The zero-order chi connectivity index (χ0) is 15.9. The van der Waals surface area contributed by atoms with Crippen LogP contribution in [0.1, 0.15) is 65.7 Å². The van der Waals surface area contributed by atoms with E-state index in [-0.39, 0.29) is 12.4 Å². The molecule has 2 saturated heterocycles. The van der Waals surface area contributed by atoms with Crippen LogP contribution in [0.2, 0.25) is 0 Å². The van der Waals surface area contributed by atoms with Gasteiger partial charge in [0.25, 0.3) is 0 Å². The van der Waals surface area contributed by atoms with E-state index in [9.17, 15) is 4.79 Å². The van der Waals surface area contributed by atoms with Crippen LogP contribution >= 0.6 is 12.4 Å². The predicted molar refractivity (Wildman–Crippen MR) is 100.0 cm³/mol. The molecule has 0 aliphatic carbocycles. The second kappa shape index (κ2) is 10.6. The number of nitrogens with zero attached hydrogens (tertiary/aromatic N) is 1. The van der Waals surface area contributed by atoms with E-state index in [1.165, 1.54) is 38.5 Å². The zero-order valence-corrected chi connectivity index (χ0v) is 16.2. The van der Waals surface area contributed by atoms with Crippen molar-refractivity contribution in [2.45, 2.75) is 65.7 Å². The van der Waals surface area contributed by atoms with Crippen LogP contribution in [0, 0.1) is 23.7 Å². The third kappa shape index (κ3) is 7.01. The molecule has 0 aromatic carbocycles. The molecule has 1 N–H and O–H groups in total. The number of rotatable bonds is 6. The van der Waals surface area contributed by atoms with Gasteiger partial charge < -0.3 is 10.2 Å². The average Bonchev–Trinajstić information content (AvgIpc) is 2.54. The van der Waals surface area contributed by atoms with Crippen molar-refractivity contribution in [1.82, 2.24) is 10.2 Å². The Morgan fingerprint density at radius 2 is 1.87 bits per heavy atom. The highest BCUT2D eigenvalue weighted by molar-refractivity contribution is 5.85. The summed E-state index contributed by atoms with van der Waals surface area (Å²) in [6.45, 7) is 11.1. The first-order valence-corrected chi connectivity index (χ1v) is 9.54. The fourth-order valence-corrected chi connectivity index (χ4v) is 3.98. The van der Waals surface area contributed by atoms with Crippen molar-refractivity contribution in [1.29, 1.82) is 0 Å². The topological polar surface area (TPSA) is 32.3 Å². The molecule has 0 radical (unpaired) electrons. The molecule has 2 aliphatic heterocycles. The Labute approximate surface area is 149 Å². The second-order valence-electron chi connectivity index (χ2n) is 8.08. The third-order valence-corrected chi connectivity index (χ3v) is 5.76. The summed E-state index contributed by atoms with van der Waals surface area (Å²) < 4.78 is 0. The monoisotopic (exact) mass is 344 g/mol. The Balaban J connectivity index is 0.00000264. The molecular formula is C19H37ClN2O. The fourth-order valence-electron chi connectivity index (χ4n) is 3.98. The summed E-state index contributed by atoms with van der Waals surface area (Å²) in [5.41, 5.74) is 0. The van der Waals surface area contributed by atoms with E-state index in [1.54, 1.807) is 0 Å². The number of halogens is 1. The number of hydrogen-bond donors (Lipinski definition) is 1. The summed E-state index contributed by atoms with van der Waals surface area (Å²) in [4.78, 5) is 14.7. The van der Waals surface area contributed by atoms with Gasteiger partial charge in [0.15, 0.2) is 0 Å². The number of likely N-dealkylation sites (tertiary alicyclic amines) is 1. The third-order valence-electron chi connectivity index (χ3n) is 5.76. The van der Waals surface area contributed by atoms with E-state index in [4.69, 9.17) is 0 Å². The highest BCUT2D eigenvalue weighted by Crippen LogP contribution is 2.27. The molecule has 1 amide bonds. The van der Waals surface area contributed by atoms with Crippen molar-refractivity contribution < 1.29 is 4.79 Å². The van der Waals surface area contributed by atoms with Crippen molar-refractivity contribution >= 4 is 18.3 Å². The van der Waals surface area contributed by atoms with Crippen LogP contribution in [-0.4, -0.2) is 37.0 Å². The minimum absolute atomic E-state index is 0. The van der Waals surface area contributed by atoms with Gasteiger partial charge >= 0.3 is 0 Å². The van der Waals surface area contributed by atoms with Crippen molar-refractivity contribution in [3.8, 4) is 0 Å². The first-order chi connectivity index (χ1) is 10.6. The molecule has 0 bridgehead atoms. The van der Waals surface area contributed by atoms with E-state index in [1.807, 2.05) is 0 Å². The molecule has 2 unspecified atom stereocenters. The smallest absolute Gasteiger partial charge is 0.222 e. The number of piperidine rings is 2. The van der Waals surface area contributed by atoms with Gasteiger partial charge in [0.05, 0.1) is 0 Å². The second-order valence-corrected chi connectivity index (χ2v) is 8.08. The van der Waals surface area contributed by atoms with Gasteiger partial charge in [0.1, 0.15) is 0 Å². The SMILES string of the molecule is CC(C)CCC1CCN(C(=O)CC(C)C2CCCNC2)CC1.Cl. The molecule has 23 heavy (non-hydrogen) atoms. The number of amides is 1. The lowest BCUT2D eigenvalue weighted by Gasteiger charge is -2.34. The Morgan fingerprint density at radius 1 is 1.17 bits per heavy atom. The van der Waals surface area contributed by atoms with Gasteiger partial charge in [-0.25, -0.2) is 0 Å². The van der Waals surface area contributed by atoms with E-state index in [0.717, 1.165) is 44.4 Å². The Kier molecular flexibility index (Phi) is 9.53. The van der Waals surface area contributed by atoms with Crippen molar-refractivity contribution in [3.63, 3.8) is 0 Å². The van der Waals surface area contributed by atoms with Crippen molar-refractivity contribution in [3.05, 3.63) is 0 Å². The van der Waals surface area contributed by atoms with Gasteiger partial charge in [-0.2, -0.15) is 0 Å². The van der Waals surface area contributed by atoms with Crippen LogP contribution in [0.4, 0.5) is 0 Å². The summed E-state index contributed by atoms with van der Waals surface area (Å²) >= 11 is 0. The molecule has 2 rings (SSSR count). The van der Waals surface area contributed by atoms with Crippen LogP contribution in [0.5, 0.6) is 0 Å². The van der Waals surface area contributed by atoms with Gasteiger partial charge in [0.2, 0.25) is 5.91 Å². The molecule has 0 aromatic heterocycles. The average molecular weight is 345 g/mol. The van der Waals surface area contributed by atoms with Crippen LogP contribution < -0.4 is 5.32 Å². The van der Waals surface area contributed by atoms with Gasteiger partial charge in [0, 0.05) is 19.5 Å².